The van der Waals surface area contributed by atoms with Crippen LogP contribution in [-0.4, -0.2) is 12.9 Å². The van der Waals surface area contributed by atoms with E-state index in [-0.39, 0.29) is 0 Å². The maximum absolute atomic E-state index is 10.4. The third kappa shape index (κ3) is 22.3. The summed E-state index contributed by atoms with van der Waals surface area (Å²) in [5, 5.41) is 0. The molecule has 2 heteroatoms. The number of hydrogen-bond donors (Lipinski definition) is 0. The first-order valence-electron chi connectivity index (χ1n) is 12.5. The zero-order valence-electron chi connectivity index (χ0n) is 21.6. The number of aldehydes is 1. The third-order valence-electron chi connectivity index (χ3n) is 4.13. The summed E-state index contributed by atoms with van der Waals surface area (Å²) in [4.78, 5) is 10.4. The second-order valence-corrected chi connectivity index (χ2v) is 7.33. The Kier molecular flexibility index (Phi) is 26.5. The van der Waals surface area contributed by atoms with Crippen molar-refractivity contribution in [3.63, 3.8) is 0 Å². The normalized spacial score (nSPS) is 11.9. The smallest absolute Gasteiger partial charge is 0.120 e. The van der Waals surface area contributed by atoms with Crippen molar-refractivity contribution in [3.05, 3.63) is 78.4 Å². The Morgan fingerprint density at radius 3 is 2.09 bits per heavy atom. The summed E-state index contributed by atoms with van der Waals surface area (Å²) >= 11 is 0. The summed E-state index contributed by atoms with van der Waals surface area (Å²) in [5.74, 6) is 1.37. The van der Waals surface area contributed by atoms with Gasteiger partial charge in [-0.05, 0) is 55.7 Å². The molecule has 1 atom stereocenters. The topological polar surface area (TPSA) is 26.3 Å². The molecule has 1 unspecified atom stereocenters. The zero-order chi connectivity index (χ0) is 24.3. The molecule has 1 aromatic rings. The highest BCUT2D eigenvalue weighted by Gasteiger charge is 1.99. The number of carbonyl (C=O) groups excluding carboxylic acids is 1. The Bertz CT molecular complexity index is 621. The highest BCUT2D eigenvalue weighted by Crippen LogP contribution is 2.14. The van der Waals surface area contributed by atoms with Gasteiger partial charge < -0.3 is 9.53 Å². The summed E-state index contributed by atoms with van der Waals surface area (Å²) in [6.45, 7) is 13.3. The minimum Gasteiger partial charge on any atom is -0.494 e. The van der Waals surface area contributed by atoms with Crippen molar-refractivity contribution in [2.24, 2.45) is 5.92 Å². The highest BCUT2D eigenvalue weighted by atomic mass is 16.5. The number of rotatable bonds is 14. The molecule has 1 rings (SSSR count). The molecule has 0 radical (unpaired) electrons. The monoisotopic (exact) mass is 440 g/mol. The minimum absolute atomic E-state index is 0.477. The highest BCUT2D eigenvalue weighted by molar-refractivity contribution is 5.50. The molecule has 0 aliphatic carbocycles. The molecular formula is C30H48O2. The van der Waals surface area contributed by atoms with Crippen LogP contribution in [0.2, 0.25) is 0 Å². The molecule has 0 amide bonds. The second kappa shape index (κ2) is 26.7. The Hall–Kier alpha value is -2.35. The summed E-state index contributed by atoms with van der Waals surface area (Å²) in [6, 6.07) is 8.02. The van der Waals surface area contributed by atoms with Crippen LogP contribution in [-0.2, 0) is 11.2 Å². The average molecular weight is 441 g/mol. The van der Waals surface area contributed by atoms with Crippen LogP contribution in [0.5, 0.6) is 5.75 Å². The molecular weight excluding hydrogens is 392 g/mol. The van der Waals surface area contributed by atoms with Gasteiger partial charge in [0.2, 0.25) is 0 Å². The number of aryl methyl sites for hydroxylation is 1. The van der Waals surface area contributed by atoms with E-state index in [9.17, 15) is 4.79 Å². The van der Waals surface area contributed by atoms with Gasteiger partial charge in [0.15, 0.2) is 0 Å². The fourth-order valence-corrected chi connectivity index (χ4v) is 2.47. The second-order valence-electron chi connectivity index (χ2n) is 7.33. The molecule has 0 bridgehead atoms. The van der Waals surface area contributed by atoms with E-state index < -0.39 is 0 Å². The fourth-order valence-electron chi connectivity index (χ4n) is 2.47. The molecule has 0 aliphatic rings. The van der Waals surface area contributed by atoms with Crippen LogP contribution in [0.1, 0.15) is 85.6 Å². The van der Waals surface area contributed by atoms with E-state index in [0.717, 1.165) is 44.1 Å². The molecule has 0 N–H and O–H groups in total. The van der Waals surface area contributed by atoms with Crippen LogP contribution < -0.4 is 4.74 Å². The van der Waals surface area contributed by atoms with Crippen molar-refractivity contribution in [2.45, 2.75) is 86.5 Å². The Balaban J connectivity index is 0. The molecule has 0 saturated carbocycles. The molecule has 0 heterocycles. The Morgan fingerprint density at radius 2 is 1.47 bits per heavy atom. The van der Waals surface area contributed by atoms with Crippen LogP contribution >= 0.6 is 0 Å². The molecule has 0 aromatic heterocycles. The van der Waals surface area contributed by atoms with Gasteiger partial charge in [0, 0.05) is 6.42 Å². The van der Waals surface area contributed by atoms with Gasteiger partial charge in [0.25, 0.3) is 0 Å². The lowest BCUT2D eigenvalue weighted by Crippen LogP contribution is -2.02. The van der Waals surface area contributed by atoms with Crippen LogP contribution in [0.3, 0.4) is 0 Å². The predicted octanol–water partition coefficient (Wildman–Crippen LogP) is 9.08. The number of hydrogen-bond acceptors (Lipinski definition) is 2. The zero-order valence-corrected chi connectivity index (χ0v) is 21.6. The maximum Gasteiger partial charge on any atom is 0.120 e. The van der Waals surface area contributed by atoms with Gasteiger partial charge in [-0.25, -0.2) is 0 Å². The van der Waals surface area contributed by atoms with E-state index in [2.05, 4.69) is 76.3 Å². The average Bonchev–Trinajstić information content (AvgIpc) is 2.81. The predicted molar refractivity (Wildman–Crippen MR) is 144 cm³/mol. The van der Waals surface area contributed by atoms with E-state index in [1.54, 1.807) is 0 Å². The molecule has 2 nitrogen and oxygen atoms in total. The van der Waals surface area contributed by atoms with E-state index in [4.69, 9.17) is 4.74 Å². The van der Waals surface area contributed by atoms with Gasteiger partial charge in [-0.1, -0.05) is 109 Å². The number of ether oxygens (including phenoxy) is 1. The SMILES string of the molecule is CC.CC/C=C\CC/C=C/C=C\C=C\C(C)CCOc1ccc(CCC=O)cc1.CCC. The number of carbonyl (C=O) groups is 1. The summed E-state index contributed by atoms with van der Waals surface area (Å²) in [5.41, 5.74) is 1.17. The molecule has 180 valence electrons. The van der Waals surface area contributed by atoms with E-state index in [0.29, 0.717) is 18.9 Å². The fraction of sp³-hybridized carbons (Fsp3) is 0.500. The van der Waals surface area contributed by atoms with E-state index in [1.807, 2.05) is 38.1 Å². The molecule has 32 heavy (non-hydrogen) atoms. The van der Waals surface area contributed by atoms with Gasteiger partial charge in [-0.2, -0.15) is 0 Å². The van der Waals surface area contributed by atoms with Crippen molar-refractivity contribution in [3.8, 4) is 5.75 Å². The van der Waals surface area contributed by atoms with Crippen molar-refractivity contribution < 1.29 is 9.53 Å². The molecule has 0 saturated heterocycles. The van der Waals surface area contributed by atoms with Gasteiger partial charge in [-0.15, -0.1) is 0 Å². The van der Waals surface area contributed by atoms with Crippen molar-refractivity contribution >= 4 is 6.29 Å². The van der Waals surface area contributed by atoms with Crippen LogP contribution in [0.15, 0.2) is 72.9 Å². The lowest BCUT2D eigenvalue weighted by Gasteiger charge is -2.09. The summed E-state index contributed by atoms with van der Waals surface area (Å²) < 4.78 is 5.80. The first-order chi connectivity index (χ1) is 15.7. The van der Waals surface area contributed by atoms with Crippen LogP contribution in [0, 0.1) is 5.92 Å². The third-order valence-corrected chi connectivity index (χ3v) is 4.13. The number of unbranched alkanes of at least 4 members (excludes halogenated alkanes) is 1. The summed E-state index contributed by atoms with van der Waals surface area (Å²) in [6.07, 6.45) is 25.1. The van der Waals surface area contributed by atoms with Crippen LogP contribution in [0.4, 0.5) is 0 Å². The lowest BCUT2D eigenvalue weighted by molar-refractivity contribution is -0.107. The first-order valence-corrected chi connectivity index (χ1v) is 12.5. The van der Waals surface area contributed by atoms with Gasteiger partial charge >= 0.3 is 0 Å². The number of benzene rings is 1. The van der Waals surface area contributed by atoms with Gasteiger partial charge in [0.05, 0.1) is 6.61 Å². The van der Waals surface area contributed by atoms with E-state index >= 15 is 0 Å². The minimum atomic E-state index is 0.477. The summed E-state index contributed by atoms with van der Waals surface area (Å²) in [7, 11) is 0. The van der Waals surface area contributed by atoms with Crippen molar-refractivity contribution in [2.75, 3.05) is 6.61 Å². The first kappa shape index (κ1) is 31.8. The molecule has 0 spiro atoms. The van der Waals surface area contributed by atoms with Gasteiger partial charge in [-0.3, -0.25) is 0 Å². The maximum atomic E-state index is 10.4. The van der Waals surface area contributed by atoms with E-state index in [1.165, 1.54) is 12.0 Å². The molecule has 0 fully saturated rings. The lowest BCUT2D eigenvalue weighted by atomic mass is 10.1. The Morgan fingerprint density at radius 1 is 0.844 bits per heavy atom. The standard InChI is InChI=1S/C25H34O2.C3H8.C2H6/c1-3-4-5-6-7-8-9-10-11-12-14-23(2)20-22-27-25-18-16-24(17-19-25)15-13-21-26;1-3-2;1-2/h4-5,8-12,14,16-19,21,23H,3,6-7,13,15,20,22H2,1-2H3;3H2,1-2H3;1-2H3/b5-4-,9-8+,11-10-,14-12+;;. The molecule has 1 aromatic carbocycles. The quantitative estimate of drug-likeness (QED) is 0.125. The van der Waals surface area contributed by atoms with Crippen LogP contribution in [0.25, 0.3) is 0 Å². The largest absolute Gasteiger partial charge is 0.494 e. The molecule has 0 aliphatic heterocycles. The van der Waals surface area contributed by atoms with Crippen molar-refractivity contribution in [1.29, 1.82) is 0 Å². The Labute approximate surface area is 199 Å². The van der Waals surface area contributed by atoms with Gasteiger partial charge in [0.1, 0.15) is 12.0 Å². The number of allylic oxidation sites excluding steroid dienone is 8. The van der Waals surface area contributed by atoms with Crippen molar-refractivity contribution in [1.82, 2.24) is 0 Å².